The smallest absolute Gasteiger partial charge is 0.244 e. The lowest BCUT2D eigenvalue weighted by molar-refractivity contribution is -0.140. The van der Waals surface area contributed by atoms with Gasteiger partial charge in [-0.15, -0.1) is 0 Å². The summed E-state index contributed by atoms with van der Waals surface area (Å²) in [6.07, 6.45) is 1.08. The molecule has 0 saturated heterocycles. The normalized spacial score (nSPS) is 13.9. The molecule has 2 aromatic carbocycles. The molecular weight excluding hydrogens is 510 g/mol. The van der Waals surface area contributed by atoms with Crippen LogP contribution in [0.1, 0.15) is 46.1 Å². The summed E-state index contributed by atoms with van der Waals surface area (Å²) in [6, 6.07) is 11.1. The number of sulfonamides is 1. The summed E-state index contributed by atoms with van der Waals surface area (Å²) in [5.74, 6) is 0.513. The van der Waals surface area contributed by atoms with Crippen molar-refractivity contribution in [2.75, 3.05) is 30.5 Å². The standard InChI is InChI=1S/C27H37N3O7S/c1-6-19(4)28-27(32)23(7-2)29(16-20-10-9-11-22(14-20)35-5)26(31)17-30(38(33,34)8-3)21-12-13-24-25(15-21)37-18-36-24/h9-15,19,23H,6-8,16-18H2,1-5H3,(H,28,32). The predicted octanol–water partition coefficient (Wildman–Crippen LogP) is 3.30. The third-order valence-corrected chi connectivity index (χ3v) is 8.24. The SMILES string of the molecule is CCC(C)NC(=O)C(CC)N(Cc1cccc(OC)c1)C(=O)CN(c1ccc2c(c1)OCO2)S(=O)(=O)CC. The molecule has 10 nitrogen and oxygen atoms in total. The fraction of sp³-hybridized carbons (Fsp3) is 0.481. The van der Waals surface area contributed by atoms with Crippen molar-refractivity contribution in [2.24, 2.45) is 0 Å². The van der Waals surface area contributed by atoms with E-state index in [1.54, 1.807) is 43.5 Å². The molecule has 0 aliphatic carbocycles. The number of rotatable bonds is 13. The van der Waals surface area contributed by atoms with Crippen LogP contribution in [-0.4, -0.2) is 63.4 Å². The van der Waals surface area contributed by atoms with Gasteiger partial charge in [0.25, 0.3) is 0 Å². The maximum Gasteiger partial charge on any atom is 0.244 e. The van der Waals surface area contributed by atoms with Gasteiger partial charge in [0, 0.05) is 18.7 Å². The van der Waals surface area contributed by atoms with E-state index in [0.717, 1.165) is 16.3 Å². The van der Waals surface area contributed by atoms with Crippen LogP contribution >= 0.6 is 0 Å². The van der Waals surface area contributed by atoms with Crippen molar-refractivity contribution >= 4 is 27.5 Å². The monoisotopic (exact) mass is 547 g/mol. The fourth-order valence-electron chi connectivity index (χ4n) is 4.09. The number of carbonyl (C=O) groups excluding carboxylic acids is 2. The lowest BCUT2D eigenvalue weighted by Gasteiger charge is -2.33. The van der Waals surface area contributed by atoms with Crippen molar-refractivity contribution in [3.63, 3.8) is 0 Å². The van der Waals surface area contributed by atoms with Gasteiger partial charge in [-0.2, -0.15) is 0 Å². The van der Waals surface area contributed by atoms with Crippen LogP contribution in [0, 0.1) is 0 Å². The molecule has 1 aliphatic rings. The average Bonchev–Trinajstić information content (AvgIpc) is 3.39. The number of carbonyl (C=O) groups is 2. The third-order valence-electron chi connectivity index (χ3n) is 6.50. The summed E-state index contributed by atoms with van der Waals surface area (Å²) in [4.78, 5) is 28.6. The first-order valence-corrected chi connectivity index (χ1v) is 14.4. The molecule has 1 N–H and O–H groups in total. The Morgan fingerprint density at radius 3 is 2.45 bits per heavy atom. The highest BCUT2D eigenvalue weighted by atomic mass is 32.2. The van der Waals surface area contributed by atoms with Crippen LogP contribution in [0.4, 0.5) is 5.69 Å². The molecule has 0 saturated carbocycles. The summed E-state index contributed by atoms with van der Waals surface area (Å²) < 4.78 is 43.4. The van der Waals surface area contributed by atoms with Crippen molar-refractivity contribution in [1.82, 2.24) is 10.2 Å². The molecule has 0 bridgehead atoms. The number of methoxy groups -OCH3 is 1. The van der Waals surface area contributed by atoms with E-state index >= 15 is 0 Å². The Balaban J connectivity index is 1.98. The van der Waals surface area contributed by atoms with Crippen LogP contribution in [0.3, 0.4) is 0 Å². The molecule has 0 aromatic heterocycles. The summed E-state index contributed by atoms with van der Waals surface area (Å²) in [7, 11) is -2.30. The van der Waals surface area contributed by atoms with E-state index in [9.17, 15) is 18.0 Å². The zero-order valence-electron chi connectivity index (χ0n) is 22.6. The molecule has 2 atom stereocenters. The van der Waals surface area contributed by atoms with Gasteiger partial charge in [-0.25, -0.2) is 8.42 Å². The fourth-order valence-corrected chi connectivity index (χ4v) is 5.14. The molecule has 2 aromatic rings. The summed E-state index contributed by atoms with van der Waals surface area (Å²) >= 11 is 0. The molecular formula is C27H37N3O7S. The van der Waals surface area contributed by atoms with Crippen LogP contribution in [0.25, 0.3) is 0 Å². The molecule has 11 heteroatoms. The number of hydrogen-bond donors (Lipinski definition) is 1. The molecule has 0 fully saturated rings. The summed E-state index contributed by atoms with van der Waals surface area (Å²) in [5, 5.41) is 2.96. The van der Waals surface area contributed by atoms with E-state index in [2.05, 4.69) is 5.32 Å². The predicted molar refractivity (Wildman–Crippen MR) is 145 cm³/mol. The second kappa shape index (κ2) is 12.9. The van der Waals surface area contributed by atoms with Gasteiger partial charge in [-0.3, -0.25) is 13.9 Å². The first-order valence-electron chi connectivity index (χ1n) is 12.8. The number of ether oxygens (including phenoxy) is 3. The number of anilines is 1. The van der Waals surface area contributed by atoms with Crippen molar-refractivity contribution in [3.8, 4) is 17.2 Å². The molecule has 2 amide bonds. The quantitative estimate of drug-likeness (QED) is 0.409. The minimum atomic E-state index is -3.85. The number of nitrogens with one attached hydrogen (secondary N) is 1. The number of benzene rings is 2. The molecule has 0 spiro atoms. The Labute approximate surface area is 224 Å². The van der Waals surface area contributed by atoms with E-state index in [0.29, 0.717) is 23.7 Å². The van der Waals surface area contributed by atoms with Gasteiger partial charge < -0.3 is 24.4 Å². The van der Waals surface area contributed by atoms with Crippen LogP contribution in [0.5, 0.6) is 17.2 Å². The molecule has 38 heavy (non-hydrogen) atoms. The lowest BCUT2D eigenvalue weighted by Crippen LogP contribution is -2.53. The van der Waals surface area contributed by atoms with Crippen molar-refractivity contribution in [3.05, 3.63) is 48.0 Å². The average molecular weight is 548 g/mol. The largest absolute Gasteiger partial charge is 0.497 e. The Hall–Kier alpha value is -3.47. The molecule has 208 valence electrons. The minimum absolute atomic E-state index is 0.0377. The zero-order chi connectivity index (χ0) is 27.9. The van der Waals surface area contributed by atoms with Crippen LogP contribution in [0.2, 0.25) is 0 Å². The highest BCUT2D eigenvalue weighted by Crippen LogP contribution is 2.36. The van der Waals surface area contributed by atoms with Crippen molar-refractivity contribution < 1.29 is 32.2 Å². The Morgan fingerprint density at radius 1 is 1.05 bits per heavy atom. The number of fused-ring (bicyclic) bond motifs is 1. The van der Waals surface area contributed by atoms with Crippen LogP contribution in [-0.2, 0) is 26.2 Å². The van der Waals surface area contributed by atoms with Crippen molar-refractivity contribution in [1.29, 1.82) is 0 Å². The molecule has 1 aliphatic heterocycles. The van der Waals surface area contributed by atoms with Gasteiger partial charge in [-0.1, -0.05) is 26.0 Å². The molecule has 0 radical (unpaired) electrons. The summed E-state index contributed by atoms with van der Waals surface area (Å²) in [5.41, 5.74) is 1.03. The molecule has 3 rings (SSSR count). The zero-order valence-corrected chi connectivity index (χ0v) is 23.4. The van der Waals surface area contributed by atoms with Gasteiger partial charge in [0.1, 0.15) is 18.3 Å². The van der Waals surface area contributed by atoms with Gasteiger partial charge in [-0.05, 0) is 56.5 Å². The van der Waals surface area contributed by atoms with E-state index in [-0.39, 0.29) is 36.7 Å². The van der Waals surface area contributed by atoms with Gasteiger partial charge in [0.2, 0.25) is 28.6 Å². The Bertz CT molecular complexity index is 1230. The van der Waals surface area contributed by atoms with Gasteiger partial charge in [0.05, 0.1) is 18.6 Å². The highest BCUT2D eigenvalue weighted by Gasteiger charge is 2.33. The van der Waals surface area contributed by atoms with E-state index in [1.165, 1.54) is 11.8 Å². The van der Waals surface area contributed by atoms with Gasteiger partial charge >= 0.3 is 0 Å². The maximum atomic E-state index is 13.9. The van der Waals surface area contributed by atoms with Crippen LogP contribution < -0.4 is 23.8 Å². The first kappa shape index (κ1) is 29.1. The van der Waals surface area contributed by atoms with E-state index in [1.807, 2.05) is 26.8 Å². The third kappa shape index (κ3) is 6.89. The first-order chi connectivity index (χ1) is 18.1. The highest BCUT2D eigenvalue weighted by molar-refractivity contribution is 7.92. The Morgan fingerprint density at radius 2 is 1.79 bits per heavy atom. The number of hydrogen-bond acceptors (Lipinski definition) is 7. The number of nitrogens with zero attached hydrogens (tertiary/aromatic N) is 2. The molecule has 2 unspecified atom stereocenters. The topological polar surface area (TPSA) is 114 Å². The van der Waals surface area contributed by atoms with E-state index < -0.39 is 28.5 Å². The van der Waals surface area contributed by atoms with E-state index in [4.69, 9.17) is 14.2 Å². The molecule has 1 heterocycles. The second-order valence-electron chi connectivity index (χ2n) is 9.06. The Kier molecular flexibility index (Phi) is 9.84. The number of amides is 2. The van der Waals surface area contributed by atoms with Crippen LogP contribution in [0.15, 0.2) is 42.5 Å². The lowest BCUT2D eigenvalue weighted by atomic mass is 10.1. The van der Waals surface area contributed by atoms with Crippen molar-refractivity contribution in [2.45, 2.75) is 59.2 Å². The van der Waals surface area contributed by atoms with Gasteiger partial charge in [0.15, 0.2) is 11.5 Å². The second-order valence-corrected chi connectivity index (χ2v) is 11.2. The minimum Gasteiger partial charge on any atom is -0.497 e. The summed E-state index contributed by atoms with van der Waals surface area (Å²) in [6.45, 7) is 6.86. The maximum absolute atomic E-state index is 13.9.